The van der Waals surface area contributed by atoms with Gasteiger partial charge in [-0.2, -0.15) is 17.9 Å². The Hall–Kier alpha value is -1.61. The van der Waals surface area contributed by atoms with Gasteiger partial charge in [-0.05, 0) is 19.1 Å². The molecule has 1 atom stereocenters. The fourth-order valence-corrected chi connectivity index (χ4v) is 2.57. The van der Waals surface area contributed by atoms with Crippen LogP contribution in [-0.4, -0.2) is 31.7 Å². The molecule has 0 aliphatic heterocycles. The monoisotopic (exact) mass is 311 g/mol. The number of rotatable bonds is 5. The average Bonchev–Trinajstić information content (AvgIpc) is 2.26. The predicted molar refractivity (Wildman–Crippen MR) is 63.6 cm³/mol. The summed E-state index contributed by atoms with van der Waals surface area (Å²) >= 11 is 0. The summed E-state index contributed by atoms with van der Waals surface area (Å²) in [4.78, 5) is 10.4. The summed E-state index contributed by atoms with van der Waals surface area (Å²) in [6.45, 7) is 1.70. The lowest BCUT2D eigenvalue weighted by atomic mass is 10.2. The molecule has 0 aliphatic rings. The van der Waals surface area contributed by atoms with Gasteiger partial charge in [0.05, 0.1) is 11.3 Å². The van der Waals surface area contributed by atoms with E-state index in [2.05, 4.69) is 0 Å². The molecule has 1 aromatic carbocycles. The van der Waals surface area contributed by atoms with Crippen LogP contribution in [-0.2, 0) is 14.8 Å². The molecule has 0 aliphatic carbocycles. The van der Waals surface area contributed by atoms with Crippen LogP contribution in [0.2, 0.25) is 0 Å². The van der Waals surface area contributed by atoms with Gasteiger partial charge in [0.2, 0.25) is 10.0 Å². The maximum Gasteiger partial charge on any atom is 0.391 e. The SMILES string of the molecule is Cc1ccc(S(=O)(=O)NC(CC(F)(F)F)C(=O)O)cc1. The molecule has 1 unspecified atom stereocenters. The lowest BCUT2D eigenvalue weighted by Gasteiger charge is -2.16. The van der Waals surface area contributed by atoms with E-state index in [1.54, 1.807) is 6.92 Å². The van der Waals surface area contributed by atoms with E-state index in [0.717, 1.165) is 5.56 Å². The molecule has 5 nitrogen and oxygen atoms in total. The molecule has 0 spiro atoms. The molecule has 9 heteroatoms. The van der Waals surface area contributed by atoms with E-state index >= 15 is 0 Å². The summed E-state index contributed by atoms with van der Waals surface area (Å²) in [6.07, 6.45) is -6.58. The lowest BCUT2D eigenvalue weighted by molar-refractivity contribution is -0.157. The fraction of sp³-hybridized carbons (Fsp3) is 0.364. The molecule has 1 aromatic rings. The largest absolute Gasteiger partial charge is 0.480 e. The number of nitrogens with one attached hydrogen (secondary N) is 1. The van der Waals surface area contributed by atoms with E-state index in [9.17, 15) is 26.4 Å². The van der Waals surface area contributed by atoms with Crippen molar-refractivity contribution in [2.24, 2.45) is 0 Å². The second kappa shape index (κ2) is 5.80. The zero-order valence-corrected chi connectivity index (χ0v) is 11.1. The average molecular weight is 311 g/mol. The molecule has 0 saturated heterocycles. The van der Waals surface area contributed by atoms with Gasteiger partial charge in [-0.15, -0.1) is 0 Å². The first-order valence-corrected chi connectivity index (χ1v) is 6.88. The molecule has 0 saturated carbocycles. The number of aryl methyl sites for hydroxylation is 1. The third-order valence-electron chi connectivity index (χ3n) is 2.36. The van der Waals surface area contributed by atoms with Gasteiger partial charge in [-0.3, -0.25) is 4.79 Å². The Labute approximate surface area is 113 Å². The van der Waals surface area contributed by atoms with E-state index in [1.807, 2.05) is 0 Å². The van der Waals surface area contributed by atoms with Crippen molar-refractivity contribution >= 4 is 16.0 Å². The molecule has 20 heavy (non-hydrogen) atoms. The molecule has 0 amide bonds. The molecule has 0 bridgehead atoms. The summed E-state index contributed by atoms with van der Waals surface area (Å²) in [6, 6.07) is 3.01. The number of alkyl halides is 3. The Bertz CT molecular complexity index is 581. The lowest BCUT2D eigenvalue weighted by Crippen LogP contribution is -2.43. The van der Waals surface area contributed by atoms with Crippen molar-refractivity contribution < 1.29 is 31.5 Å². The molecule has 2 N–H and O–H groups in total. The minimum Gasteiger partial charge on any atom is -0.480 e. The van der Waals surface area contributed by atoms with E-state index in [-0.39, 0.29) is 4.90 Å². The standard InChI is InChI=1S/C11H12F3NO4S/c1-7-2-4-8(5-3-7)20(18,19)15-9(10(16)17)6-11(12,13)14/h2-5,9,15H,6H2,1H3,(H,16,17). The number of hydrogen-bond acceptors (Lipinski definition) is 3. The summed E-state index contributed by atoms with van der Waals surface area (Å²) in [5, 5.41) is 8.66. The van der Waals surface area contributed by atoms with Crippen molar-refractivity contribution in [1.29, 1.82) is 0 Å². The van der Waals surface area contributed by atoms with Crippen LogP contribution >= 0.6 is 0 Å². The van der Waals surface area contributed by atoms with Crippen LogP contribution in [0, 0.1) is 6.92 Å². The van der Waals surface area contributed by atoms with E-state index in [1.165, 1.54) is 29.0 Å². The highest BCUT2D eigenvalue weighted by atomic mass is 32.2. The molecule has 0 aromatic heterocycles. The number of hydrogen-bond donors (Lipinski definition) is 2. The summed E-state index contributed by atoms with van der Waals surface area (Å²) in [5.74, 6) is -1.89. The summed E-state index contributed by atoms with van der Waals surface area (Å²) < 4.78 is 61.7. The normalized spacial score (nSPS) is 14.0. The summed E-state index contributed by atoms with van der Waals surface area (Å²) in [5.41, 5.74) is 0.758. The zero-order valence-electron chi connectivity index (χ0n) is 10.3. The van der Waals surface area contributed by atoms with Gasteiger partial charge in [0.1, 0.15) is 6.04 Å². The van der Waals surface area contributed by atoms with Crippen LogP contribution in [0.15, 0.2) is 29.2 Å². The quantitative estimate of drug-likeness (QED) is 0.866. The highest BCUT2D eigenvalue weighted by molar-refractivity contribution is 7.89. The number of carboxylic acid groups (broad SMARTS) is 1. The van der Waals surface area contributed by atoms with Crippen molar-refractivity contribution in [1.82, 2.24) is 4.72 Å². The Morgan fingerprint density at radius 3 is 2.20 bits per heavy atom. The van der Waals surface area contributed by atoms with E-state index < -0.39 is 34.6 Å². The van der Waals surface area contributed by atoms with Crippen LogP contribution in [0.4, 0.5) is 13.2 Å². The number of benzene rings is 1. The predicted octanol–water partition coefficient (Wildman–Crippen LogP) is 1.68. The van der Waals surface area contributed by atoms with Gasteiger partial charge in [-0.1, -0.05) is 17.7 Å². The Morgan fingerprint density at radius 2 is 1.80 bits per heavy atom. The first kappa shape index (κ1) is 16.4. The van der Waals surface area contributed by atoms with Gasteiger partial charge in [-0.25, -0.2) is 8.42 Å². The second-order valence-corrected chi connectivity index (χ2v) is 5.86. The highest BCUT2D eigenvalue weighted by Crippen LogP contribution is 2.22. The van der Waals surface area contributed by atoms with Crippen molar-refractivity contribution in [3.63, 3.8) is 0 Å². The van der Waals surface area contributed by atoms with E-state index in [0.29, 0.717) is 0 Å². The van der Waals surface area contributed by atoms with Crippen LogP contribution in [0.1, 0.15) is 12.0 Å². The van der Waals surface area contributed by atoms with Crippen LogP contribution in [0.5, 0.6) is 0 Å². The van der Waals surface area contributed by atoms with Gasteiger partial charge in [0.25, 0.3) is 0 Å². The number of carboxylic acids is 1. The Balaban J connectivity index is 2.97. The first-order chi connectivity index (χ1) is 9.01. The van der Waals surface area contributed by atoms with Crippen LogP contribution in [0.25, 0.3) is 0 Å². The van der Waals surface area contributed by atoms with Crippen molar-refractivity contribution in [3.05, 3.63) is 29.8 Å². The fourth-order valence-electron chi connectivity index (χ4n) is 1.38. The molecule has 0 fully saturated rings. The number of halogens is 3. The maximum absolute atomic E-state index is 12.2. The minimum absolute atomic E-state index is 0.295. The van der Waals surface area contributed by atoms with Gasteiger partial charge in [0, 0.05) is 0 Å². The highest BCUT2D eigenvalue weighted by Gasteiger charge is 2.37. The third-order valence-corrected chi connectivity index (χ3v) is 3.85. The van der Waals surface area contributed by atoms with E-state index in [4.69, 9.17) is 5.11 Å². The van der Waals surface area contributed by atoms with Crippen molar-refractivity contribution in [3.8, 4) is 0 Å². The third kappa shape index (κ3) is 4.82. The van der Waals surface area contributed by atoms with Crippen molar-refractivity contribution in [2.75, 3.05) is 0 Å². The van der Waals surface area contributed by atoms with Gasteiger partial charge in [0.15, 0.2) is 0 Å². The smallest absolute Gasteiger partial charge is 0.391 e. The number of carbonyl (C=O) groups is 1. The van der Waals surface area contributed by atoms with Crippen molar-refractivity contribution in [2.45, 2.75) is 30.5 Å². The Kier molecular flexibility index (Phi) is 4.77. The van der Waals surface area contributed by atoms with Gasteiger partial charge < -0.3 is 5.11 Å². The maximum atomic E-state index is 12.2. The Morgan fingerprint density at radius 1 is 1.30 bits per heavy atom. The molecule has 112 valence electrons. The second-order valence-electron chi connectivity index (χ2n) is 4.14. The van der Waals surface area contributed by atoms with Crippen LogP contribution < -0.4 is 4.72 Å². The number of aliphatic carboxylic acids is 1. The molecule has 1 rings (SSSR count). The zero-order chi connectivity index (χ0) is 15.6. The number of sulfonamides is 1. The van der Waals surface area contributed by atoms with Gasteiger partial charge >= 0.3 is 12.1 Å². The first-order valence-electron chi connectivity index (χ1n) is 5.40. The molecular formula is C11H12F3NO4S. The molecular weight excluding hydrogens is 299 g/mol. The minimum atomic E-state index is -4.79. The summed E-state index contributed by atoms with van der Waals surface area (Å²) in [7, 11) is -4.32. The molecule has 0 heterocycles. The topological polar surface area (TPSA) is 83.5 Å². The van der Waals surface area contributed by atoms with Crippen LogP contribution in [0.3, 0.4) is 0 Å². The molecule has 0 radical (unpaired) electrons.